The van der Waals surface area contributed by atoms with Crippen molar-refractivity contribution in [3.8, 4) is 0 Å². The molecule has 0 radical (unpaired) electrons. The Morgan fingerprint density at radius 2 is 1.95 bits per heavy atom. The number of carbonyl (C=O) groups excluding carboxylic acids is 1. The molecule has 6 heteroatoms. The molecule has 1 saturated heterocycles. The molecule has 0 saturated carbocycles. The molecule has 0 aromatic heterocycles. The number of alkyl carbamates (subject to hydrolysis) is 1. The molecule has 1 atom stereocenters. The lowest BCUT2D eigenvalue weighted by atomic mass is 10.2. The van der Waals surface area contributed by atoms with E-state index < -0.39 is 5.60 Å². The zero-order valence-electron chi connectivity index (χ0n) is 13.2. The first-order valence-electron chi connectivity index (χ1n) is 7.37. The van der Waals surface area contributed by atoms with Gasteiger partial charge >= 0.3 is 6.09 Å². The van der Waals surface area contributed by atoms with Crippen LogP contribution in [0.15, 0.2) is 0 Å². The first kappa shape index (κ1) is 17.2. The van der Waals surface area contributed by atoms with Gasteiger partial charge in [-0.3, -0.25) is 4.90 Å². The maximum absolute atomic E-state index is 11.4. The predicted molar refractivity (Wildman–Crippen MR) is 79.0 cm³/mol. The van der Waals surface area contributed by atoms with Gasteiger partial charge in [-0.25, -0.2) is 4.79 Å². The van der Waals surface area contributed by atoms with Crippen LogP contribution in [0.5, 0.6) is 0 Å². The number of nitrogens with zero attached hydrogens (tertiary/aromatic N) is 1. The highest BCUT2D eigenvalue weighted by Gasteiger charge is 2.16. The van der Waals surface area contributed by atoms with Crippen molar-refractivity contribution < 1.29 is 14.3 Å². The van der Waals surface area contributed by atoms with Crippen molar-refractivity contribution in [2.24, 2.45) is 0 Å². The van der Waals surface area contributed by atoms with Crippen molar-refractivity contribution in [3.63, 3.8) is 0 Å². The molecule has 118 valence electrons. The molecule has 20 heavy (non-hydrogen) atoms. The Morgan fingerprint density at radius 1 is 1.30 bits per heavy atom. The molecular formula is C14H29N3O3. The van der Waals surface area contributed by atoms with Crippen LogP contribution in [0.25, 0.3) is 0 Å². The summed E-state index contributed by atoms with van der Waals surface area (Å²) in [6.45, 7) is 13.7. The largest absolute Gasteiger partial charge is 0.444 e. The number of morpholine rings is 1. The quantitative estimate of drug-likeness (QED) is 0.708. The van der Waals surface area contributed by atoms with Crippen LogP contribution in [0.2, 0.25) is 0 Å². The fourth-order valence-electron chi connectivity index (χ4n) is 2.03. The van der Waals surface area contributed by atoms with Crippen molar-refractivity contribution in [1.29, 1.82) is 0 Å². The van der Waals surface area contributed by atoms with Crippen LogP contribution in [0, 0.1) is 0 Å². The summed E-state index contributed by atoms with van der Waals surface area (Å²) in [5, 5.41) is 6.14. The van der Waals surface area contributed by atoms with Gasteiger partial charge in [-0.1, -0.05) is 0 Å². The monoisotopic (exact) mass is 287 g/mol. The summed E-state index contributed by atoms with van der Waals surface area (Å²) in [7, 11) is 0. The Hall–Kier alpha value is -0.850. The summed E-state index contributed by atoms with van der Waals surface area (Å²) < 4.78 is 10.5. The normalized spacial score (nSPS) is 18.6. The van der Waals surface area contributed by atoms with Gasteiger partial charge in [-0.2, -0.15) is 0 Å². The van der Waals surface area contributed by atoms with Crippen LogP contribution >= 0.6 is 0 Å². The standard InChI is InChI=1S/C14H29N3O3/c1-12(11-17-7-9-19-10-8-17)15-5-6-16-13(18)20-14(2,3)4/h12,15H,5-11H2,1-4H3,(H,16,18). The summed E-state index contributed by atoms with van der Waals surface area (Å²) in [6.07, 6.45) is -0.361. The molecule has 1 fully saturated rings. The molecule has 1 aliphatic rings. The van der Waals surface area contributed by atoms with Gasteiger partial charge < -0.3 is 20.1 Å². The molecule has 0 aliphatic carbocycles. The number of carbonyl (C=O) groups is 1. The van der Waals surface area contributed by atoms with E-state index in [0.717, 1.165) is 39.4 Å². The summed E-state index contributed by atoms with van der Waals surface area (Å²) in [4.78, 5) is 13.8. The second-order valence-corrected chi connectivity index (χ2v) is 6.20. The Kier molecular flexibility index (Phi) is 7.26. The third-order valence-corrected chi connectivity index (χ3v) is 2.92. The van der Waals surface area contributed by atoms with E-state index in [-0.39, 0.29) is 6.09 Å². The lowest BCUT2D eigenvalue weighted by Crippen LogP contribution is -2.46. The van der Waals surface area contributed by atoms with Crippen LogP contribution in [0.1, 0.15) is 27.7 Å². The van der Waals surface area contributed by atoms with E-state index in [1.54, 1.807) is 0 Å². The third kappa shape index (κ3) is 8.35. The number of rotatable bonds is 6. The molecule has 1 aliphatic heterocycles. The van der Waals surface area contributed by atoms with Gasteiger partial charge in [0.15, 0.2) is 0 Å². The Morgan fingerprint density at radius 3 is 2.55 bits per heavy atom. The molecular weight excluding hydrogens is 258 g/mol. The maximum atomic E-state index is 11.4. The van der Waals surface area contributed by atoms with Crippen LogP contribution < -0.4 is 10.6 Å². The van der Waals surface area contributed by atoms with Gasteiger partial charge in [-0.15, -0.1) is 0 Å². The van der Waals surface area contributed by atoms with E-state index in [0.29, 0.717) is 12.6 Å². The van der Waals surface area contributed by atoms with E-state index in [1.807, 2.05) is 20.8 Å². The molecule has 1 rings (SSSR count). The second kappa shape index (κ2) is 8.44. The topological polar surface area (TPSA) is 62.8 Å². The van der Waals surface area contributed by atoms with Gasteiger partial charge in [0.05, 0.1) is 13.2 Å². The van der Waals surface area contributed by atoms with E-state index >= 15 is 0 Å². The minimum absolute atomic E-state index is 0.361. The molecule has 2 N–H and O–H groups in total. The number of hydrogen-bond donors (Lipinski definition) is 2. The summed E-state index contributed by atoms with van der Waals surface area (Å²) in [5.41, 5.74) is -0.443. The Labute approximate surface area is 122 Å². The van der Waals surface area contributed by atoms with Gasteiger partial charge in [-0.05, 0) is 27.7 Å². The zero-order valence-corrected chi connectivity index (χ0v) is 13.2. The lowest BCUT2D eigenvalue weighted by Gasteiger charge is -2.29. The second-order valence-electron chi connectivity index (χ2n) is 6.20. The fraction of sp³-hybridized carbons (Fsp3) is 0.929. The Bertz CT molecular complexity index is 286. The molecule has 0 aromatic rings. The van der Waals surface area contributed by atoms with Crippen molar-refractivity contribution in [1.82, 2.24) is 15.5 Å². The molecule has 6 nitrogen and oxygen atoms in total. The van der Waals surface area contributed by atoms with Crippen molar-refractivity contribution in [2.45, 2.75) is 39.3 Å². The highest BCUT2D eigenvalue weighted by Crippen LogP contribution is 2.06. The lowest BCUT2D eigenvalue weighted by molar-refractivity contribution is 0.0343. The van der Waals surface area contributed by atoms with Crippen LogP contribution in [-0.2, 0) is 9.47 Å². The number of amides is 1. The first-order chi connectivity index (χ1) is 9.37. The minimum atomic E-state index is -0.443. The van der Waals surface area contributed by atoms with E-state index in [9.17, 15) is 4.79 Å². The molecule has 1 amide bonds. The van der Waals surface area contributed by atoms with Crippen molar-refractivity contribution >= 4 is 6.09 Å². The summed E-state index contributed by atoms with van der Waals surface area (Å²) >= 11 is 0. The smallest absolute Gasteiger partial charge is 0.407 e. The zero-order chi connectivity index (χ0) is 15.0. The van der Waals surface area contributed by atoms with Crippen molar-refractivity contribution in [2.75, 3.05) is 45.9 Å². The highest BCUT2D eigenvalue weighted by atomic mass is 16.6. The SMILES string of the molecule is CC(CN1CCOCC1)NCCNC(=O)OC(C)(C)C. The Balaban J connectivity index is 2.03. The fourth-order valence-corrected chi connectivity index (χ4v) is 2.03. The molecule has 0 bridgehead atoms. The average Bonchev–Trinajstić information content (AvgIpc) is 2.34. The molecule has 1 unspecified atom stereocenters. The maximum Gasteiger partial charge on any atom is 0.407 e. The summed E-state index contributed by atoms with van der Waals surface area (Å²) in [6, 6.07) is 0.397. The highest BCUT2D eigenvalue weighted by molar-refractivity contribution is 5.67. The van der Waals surface area contributed by atoms with Crippen LogP contribution in [0.3, 0.4) is 0 Å². The first-order valence-corrected chi connectivity index (χ1v) is 7.37. The molecule has 0 spiro atoms. The van der Waals surface area contributed by atoms with Gasteiger partial charge in [0.25, 0.3) is 0 Å². The van der Waals surface area contributed by atoms with Gasteiger partial charge in [0.1, 0.15) is 5.60 Å². The van der Waals surface area contributed by atoms with E-state index in [2.05, 4.69) is 22.5 Å². The van der Waals surface area contributed by atoms with Crippen LogP contribution in [0.4, 0.5) is 4.79 Å². The number of ether oxygens (including phenoxy) is 2. The predicted octanol–water partition coefficient (Wildman–Crippen LogP) is 0.821. The van der Waals surface area contributed by atoms with E-state index in [1.165, 1.54) is 0 Å². The number of hydrogen-bond acceptors (Lipinski definition) is 5. The molecule has 1 heterocycles. The van der Waals surface area contributed by atoms with Gasteiger partial charge in [0.2, 0.25) is 0 Å². The van der Waals surface area contributed by atoms with Gasteiger partial charge in [0, 0.05) is 38.8 Å². The minimum Gasteiger partial charge on any atom is -0.444 e. The molecule has 0 aromatic carbocycles. The average molecular weight is 287 g/mol. The number of nitrogens with one attached hydrogen (secondary N) is 2. The van der Waals surface area contributed by atoms with E-state index in [4.69, 9.17) is 9.47 Å². The summed E-state index contributed by atoms with van der Waals surface area (Å²) in [5.74, 6) is 0. The third-order valence-electron chi connectivity index (χ3n) is 2.92. The van der Waals surface area contributed by atoms with Crippen LogP contribution in [-0.4, -0.2) is 68.6 Å². The van der Waals surface area contributed by atoms with Crippen molar-refractivity contribution in [3.05, 3.63) is 0 Å².